The van der Waals surface area contributed by atoms with Crippen molar-refractivity contribution in [1.29, 1.82) is 0 Å². The molecule has 0 aliphatic carbocycles. The molecule has 0 spiro atoms. The van der Waals surface area contributed by atoms with Gasteiger partial charge in [0.15, 0.2) is 0 Å². The van der Waals surface area contributed by atoms with Gasteiger partial charge in [0.1, 0.15) is 5.72 Å². The predicted molar refractivity (Wildman–Crippen MR) is 61.9 cm³/mol. The van der Waals surface area contributed by atoms with Crippen LogP contribution in [0.3, 0.4) is 0 Å². The zero-order valence-corrected chi connectivity index (χ0v) is 10.1. The van der Waals surface area contributed by atoms with Gasteiger partial charge in [0.05, 0.1) is 6.61 Å². The Morgan fingerprint density at radius 2 is 2.07 bits per heavy atom. The minimum absolute atomic E-state index is 0.0726. The summed E-state index contributed by atoms with van der Waals surface area (Å²) >= 11 is 0. The summed E-state index contributed by atoms with van der Waals surface area (Å²) in [5, 5.41) is 3.52. The predicted octanol–water partition coefficient (Wildman–Crippen LogP) is 1.59. The molecule has 2 saturated heterocycles. The van der Waals surface area contributed by atoms with Crippen LogP contribution in [0.1, 0.15) is 39.5 Å². The quantitative estimate of drug-likeness (QED) is 0.769. The minimum atomic E-state index is -0.0726. The summed E-state index contributed by atoms with van der Waals surface area (Å²) in [5.41, 5.74) is -0.0726. The van der Waals surface area contributed by atoms with E-state index in [1.54, 1.807) is 0 Å². The Hall–Kier alpha value is -0.120. The van der Waals surface area contributed by atoms with Gasteiger partial charge in [-0.1, -0.05) is 6.42 Å². The van der Waals surface area contributed by atoms with Crippen molar-refractivity contribution in [3.05, 3.63) is 0 Å². The van der Waals surface area contributed by atoms with Crippen LogP contribution in [0.5, 0.6) is 0 Å². The van der Waals surface area contributed by atoms with Crippen molar-refractivity contribution in [3.8, 4) is 0 Å². The van der Waals surface area contributed by atoms with E-state index in [9.17, 15) is 0 Å². The summed E-state index contributed by atoms with van der Waals surface area (Å²) < 4.78 is 5.81. The molecule has 2 fully saturated rings. The molecule has 2 aliphatic heterocycles. The number of rotatable bonds is 3. The normalized spacial score (nSPS) is 38.4. The highest BCUT2D eigenvalue weighted by Crippen LogP contribution is 2.20. The number of likely N-dealkylation sites (tertiary alicyclic amines) is 1. The van der Waals surface area contributed by atoms with Gasteiger partial charge < -0.3 is 9.64 Å². The second-order valence-electron chi connectivity index (χ2n) is 5.24. The first-order valence-corrected chi connectivity index (χ1v) is 6.32. The summed E-state index contributed by atoms with van der Waals surface area (Å²) in [5.74, 6) is 0. The Morgan fingerprint density at radius 3 is 2.67 bits per heavy atom. The van der Waals surface area contributed by atoms with Crippen molar-refractivity contribution in [1.82, 2.24) is 10.2 Å². The van der Waals surface area contributed by atoms with Crippen LogP contribution in [0.25, 0.3) is 0 Å². The molecule has 0 bridgehead atoms. The van der Waals surface area contributed by atoms with Gasteiger partial charge >= 0.3 is 0 Å². The maximum absolute atomic E-state index is 5.81. The zero-order valence-electron chi connectivity index (χ0n) is 10.1. The largest absolute Gasteiger partial charge is 0.359 e. The summed E-state index contributed by atoms with van der Waals surface area (Å²) in [4.78, 5) is 2.57. The summed E-state index contributed by atoms with van der Waals surface area (Å²) in [6.07, 6.45) is 5.28. The second-order valence-corrected chi connectivity index (χ2v) is 5.24. The standard InChI is InChI=1S/C12H24N2O/c1-11-10-15-12(2,13-11)6-9-14-7-4-3-5-8-14/h11,13H,3-10H2,1-2H3. The lowest BCUT2D eigenvalue weighted by Gasteiger charge is -2.31. The molecule has 2 unspecified atom stereocenters. The molecule has 2 aliphatic rings. The molecule has 0 amide bonds. The average Bonchev–Trinajstić information content (AvgIpc) is 2.58. The molecule has 0 aromatic heterocycles. The lowest BCUT2D eigenvalue weighted by Crippen LogP contribution is -2.44. The van der Waals surface area contributed by atoms with Crippen LogP contribution in [0, 0.1) is 0 Å². The second kappa shape index (κ2) is 4.81. The van der Waals surface area contributed by atoms with Crippen LogP contribution in [-0.4, -0.2) is 42.9 Å². The van der Waals surface area contributed by atoms with Crippen molar-refractivity contribution in [3.63, 3.8) is 0 Å². The third-order valence-electron chi connectivity index (χ3n) is 3.56. The van der Waals surface area contributed by atoms with Crippen molar-refractivity contribution < 1.29 is 4.74 Å². The molecule has 0 aromatic carbocycles. The van der Waals surface area contributed by atoms with Gasteiger partial charge in [0.25, 0.3) is 0 Å². The maximum Gasteiger partial charge on any atom is 0.117 e. The van der Waals surface area contributed by atoms with Gasteiger partial charge in [-0.25, -0.2) is 0 Å². The zero-order chi connectivity index (χ0) is 10.7. The number of hydrogen-bond acceptors (Lipinski definition) is 3. The number of nitrogens with one attached hydrogen (secondary N) is 1. The number of ether oxygens (including phenoxy) is 1. The van der Waals surface area contributed by atoms with Crippen molar-refractivity contribution in [2.24, 2.45) is 0 Å². The van der Waals surface area contributed by atoms with Crippen molar-refractivity contribution in [2.75, 3.05) is 26.2 Å². The molecule has 2 rings (SSSR count). The van der Waals surface area contributed by atoms with Crippen LogP contribution in [0.4, 0.5) is 0 Å². The van der Waals surface area contributed by atoms with E-state index in [0.29, 0.717) is 6.04 Å². The SMILES string of the molecule is CC1COC(C)(CCN2CCCCC2)N1. The van der Waals surface area contributed by atoms with E-state index < -0.39 is 0 Å². The molecule has 0 radical (unpaired) electrons. The molecule has 3 nitrogen and oxygen atoms in total. The van der Waals surface area contributed by atoms with Crippen molar-refractivity contribution >= 4 is 0 Å². The fourth-order valence-corrected chi connectivity index (χ4v) is 2.61. The van der Waals surface area contributed by atoms with E-state index in [4.69, 9.17) is 4.74 Å². The highest BCUT2D eigenvalue weighted by atomic mass is 16.5. The van der Waals surface area contributed by atoms with E-state index in [2.05, 4.69) is 24.1 Å². The van der Waals surface area contributed by atoms with E-state index in [0.717, 1.165) is 13.0 Å². The Balaban J connectivity index is 1.72. The van der Waals surface area contributed by atoms with E-state index in [-0.39, 0.29) is 5.72 Å². The third-order valence-corrected chi connectivity index (χ3v) is 3.56. The van der Waals surface area contributed by atoms with E-state index in [1.807, 2.05) is 0 Å². The maximum atomic E-state index is 5.81. The van der Waals surface area contributed by atoms with Crippen LogP contribution in [-0.2, 0) is 4.74 Å². The Morgan fingerprint density at radius 1 is 1.33 bits per heavy atom. The van der Waals surface area contributed by atoms with Crippen LogP contribution < -0.4 is 5.32 Å². The molecule has 0 aromatic rings. The first-order valence-electron chi connectivity index (χ1n) is 6.32. The van der Waals surface area contributed by atoms with Gasteiger partial charge in [-0.15, -0.1) is 0 Å². The first kappa shape index (κ1) is 11.4. The molecule has 15 heavy (non-hydrogen) atoms. The molecule has 1 N–H and O–H groups in total. The first-order chi connectivity index (χ1) is 7.18. The van der Waals surface area contributed by atoms with Gasteiger partial charge in [-0.2, -0.15) is 0 Å². The van der Waals surface area contributed by atoms with E-state index in [1.165, 1.54) is 38.9 Å². The van der Waals surface area contributed by atoms with Gasteiger partial charge in [0.2, 0.25) is 0 Å². The summed E-state index contributed by atoms with van der Waals surface area (Å²) in [6.45, 7) is 8.97. The lowest BCUT2D eigenvalue weighted by molar-refractivity contribution is -0.00896. The molecule has 0 saturated carbocycles. The smallest absolute Gasteiger partial charge is 0.117 e. The molecule has 2 heterocycles. The Kier molecular flexibility index (Phi) is 3.65. The number of hydrogen-bond donors (Lipinski definition) is 1. The van der Waals surface area contributed by atoms with E-state index >= 15 is 0 Å². The Labute approximate surface area is 93.2 Å². The minimum Gasteiger partial charge on any atom is -0.359 e. The molecule has 2 atom stereocenters. The fourth-order valence-electron chi connectivity index (χ4n) is 2.61. The highest BCUT2D eigenvalue weighted by molar-refractivity contribution is 4.84. The van der Waals surface area contributed by atoms with Crippen LogP contribution in [0.15, 0.2) is 0 Å². The number of piperidine rings is 1. The van der Waals surface area contributed by atoms with Crippen LogP contribution in [0.2, 0.25) is 0 Å². The van der Waals surface area contributed by atoms with Gasteiger partial charge in [0, 0.05) is 19.0 Å². The number of nitrogens with zero attached hydrogens (tertiary/aromatic N) is 1. The van der Waals surface area contributed by atoms with Crippen molar-refractivity contribution in [2.45, 2.75) is 51.3 Å². The summed E-state index contributed by atoms with van der Waals surface area (Å²) in [6, 6.07) is 0.511. The monoisotopic (exact) mass is 212 g/mol. The molecule has 3 heteroatoms. The van der Waals surface area contributed by atoms with Gasteiger partial charge in [-0.3, -0.25) is 5.32 Å². The molecule has 88 valence electrons. The third kappa shape index (κ3) is 3.16. The van der Waals surface area contributed by atoms with Gasteiger partial charge in [-0.05, 0) is 39.8 Å². The van der Waals surface area contributed by atoms with Crippen LogP contribution >= 0.6 is 0 Å². The topological polar surface area (TPSA) is 24.5 Å². The fraction of sp³-hybridized carbons (Fsp3) is 1.00. The Bertz CT molecular complexity index is 204. The lowest BCUT2D eigenvalue weighted by atomic mass is 10.1. The molecular formula is C12H24N2O. The summed E-state index contributed by atoms with van der Waals surface area (Å²) in [7, 11) is 0. The highest BCUT2D eigenvalue weighted by Gasteiger charge is 2.33. The molecular weight excluding hydrogens is 188 g/mol. The average molecular weight is 212 g/mol.